The molecular weight excluding hydrogens is 279 g/mol. The molecule has 0 saturated carbocycles. The first-order valence-corrected chi connectivity index (χ1v) is 7.38. The highest BCUT2D eigenvalue weighted by atomic mass is 35.5. The lowest BCUT2D eigenvalue weighted by molar-refractivity contribution is 0.523. The number of rotatable bonds is 6. The highest BCUT2D eigenvalue weighted by Gasteiger charge is 2.12. The van der Waals surface area contributed by atoms with Gasteiger partial charge in [0.15, 0.2) is 0 Å². The first kappa shape index (κ1) is 14.4. The van der Waals surface area contributed by atoms with Gasteiger partial charge in [0.2, 0.25) is 0 Å². The van der Waals surface area contributed by atoms with Crippen LogP contribution >= 0.6 is 23.2 Å². The minimum absolute atomic E-state index is 0.441. The molecule has 1 aromatic heterocycles. The van der Waals surface area contributed by atoms with Gasteiger partial charge in [-0.2, -0.15) is 5.10 Å². The van der Waals surface area contributed by atoms with Gasteiger partial charge in [0.05, 0.1) is 0 Å². The van der Waals surface area contributed by atoms with Crippen LogP contribution in [0.4, 0.5) is 0 Å². The van der Waals surface area contributed by atoms with Crippen LogP contribution in [0.25, 0.3) is 0 Å². The van der Waals surface area contributed by atoms with E-state index >= 15 is 0 Å². The number of aryl methyl sites for hydroxylation is 2. The maximum atomic E-state index is 6.19. The largest absolute Gasteiger partial charge is 0.273 e. The lowest BCUT2D eigenvalue weighted by Gasteiger charge is -2.14. The Morgan fingerprint density at radius 3 is 2.68 bits per heavy atom. The Labute approximate surface area is 124 Å². The van der Waals surface area contributed by atoms with Crippen molar-refractivity contribution in [3.8, 4) is 0 Å². The number of hydrogen-bond acceptors (Lipinski definition) is 1. The summed E-state index contributed by atoms with van der Waals surface area (Å²) in [4.78, 5) is 0. The molecule has 19 heavy (non-hydrogen) atoms. The fourth-order valence-electron chi connectivity index (χ4n) is 2.21. The van der Waals surface area contributed by atoms with Crippen LogP contribution in [0.15, 0.2) is 36.5 Å². The monoisotopic (exact) mass is 296 g/mol. The third kappa shape index (κ3) is 3.99. The molecule has 0 amide bonds. The molecule has 0 bridgehead atoms. The zero-order chi connectivity index (χ0) is 13.7. The standard InChI is InChI=1S/C15H18Cl2N2/c1-19-14(8-9-18-19)7-6-12(11-16)10-13-4-2-3-5-15(13)17/h2-5,8-9,12H,6-7,10-11H2,1H3. The van der Waals surface area contributed by atoms with Crippen molar-refractivity contribution in [2.24, 2.45) is 13.0 Å². The van der Waals surface area contributed by atoms with Crippen molar-refractivity contribution in [1.82, 2.24) is 9.78 Å². The van der Waals surface area contributed by atoms with Crippen molar-refractivity contribution >= 4 is 23.2 Å². The SMILES string of the molecule is Cn1nccc1CCC(CCl)Cc1ccccc1Cl. The Hall–Kier alpha value is -0.990. The van der Waals surface area contributed by atoms with Crippen LogP contribution in [0.2, 0.25) is 5.02 Å². The summed E-state index contributed by atoms with van der Waals surface area (Å²) in [5.41, 5.74) is 2.43. The number of aromatic nitrogens is 2. The number of nitrogens with zero attached hydrogens (tertiary/aromatic N) is 2. The smallest absolute Gasteiger partial charge is 0.0492 e. The van der Waals surface area contributed by atoms with Crippen molar-refractivity contribution in [3.05, 3.63) is 52.8 Å². The van der Waals surface area contributed by atoms with Gasteiger partial charge in [-0.15, -0.1) is 11.6 Å². The summed E-state index contributed by atoms with van der Waals surface area (Å²) in [5.74, 6) is 1.10. The van der Waals surface area contributed by atoms with E-state index in [2.05, 4.69) is 17.2 Å². The Balaban J connectivity index is 1.94. The van der Waals surface area contributed by atoms with E-state index in [-0.39, 0.29) is 0 Å². The molecule has 2 rings (SSSR count). The maximum Gasteiger partial charge on any atom is 0.0492 e. The third-order valence-electron chi connectivity index (χ3n) is 3.42. The molecule has 0 spiro atoms. The van der Waals surface area contributed by atoms with Gasteiger partial charge < -0.3 is 0 Å². The predicted molar refractivity (Wildman–Crippen MR) is 80.9 cm³/mol. The molecule has 0 fully saturated rings. The lowest BCUT2D eigenvalue weighted by atomic mass is 9.95. The van der Waals surface area contributed by atoms with E-state index in [1.165, 1.54) is 11.3 Å². The Kier molecular flexibility index (Phi) is 5.29. The Bertz CT molecular complexity index is 522. The van der Waals surface area contributed by atoms with Crippen LogP contribution in [-0.2, 0) is 19.9 Å². The first-order valence-electron chi connectivity index (χ1n) is 6.47. The predicted octanol–water partition coefficient (Wildman–Crippen LogP) is 4.10. The van der Waals surface area contributed by atoms with E-state index in [0.29, 0.717) is 11.8 Å². The topological polar surface area (TPSA) is 17.8 Å². The molecule has 102 valence electrons. The number of alkyl halides is 1. The van der Waals surface area contributed by atoms with E-state index in [1.54, 1.807) is 0 Å². The Morgan fingerprint density at radius 1 is 1.26 bits per heavy atom. The first-order chi connectivity index (χ1) is 9.20. The molecule has 0 aliphatic carbocycles. The maximum absolute atomic E-state index is 6.19. The molecule has 0 radical (unpaired) electrons. The van der Waals surface area contributed by atoms with Crippen molar-refractivity contribution in [2.75, 3.05) is 5.88 Å². The van der Waals surface area contributed by atoms with Crippen LogP contribution in [0.5, 0.6) is 0 Å². The number of halogens is 2. The summed E-state index contributed by atoms with van der Waals surface area (Å²) in [6.45, 7) is 0. The van der Waals surface area contributed by atoms with E-state index < -0.39 is 0 Å². The number of benzene rings is 1. The average Bonchev–Trinajstić information content (AvgIpc) is 2.82. The highest BCUT2D eigenvalue weighted by Crippen LogP contribution is 2.22. The molecule has 0 aliphatic heterocycles. The summed E-state index contributed by atoms with van der Waals surface area (Å²) in [6.07, 6.45) is 4.81. The van der Waals surface area contributed by atoms with Crippen molar-refractivity contribution < 1.29 is 0 Å². The van der Waals surface area contributed by atoms with Crippen molar-refractivity contribution in [3.63, 3.8) is 0 Å². The minimum Gasteiger partial charge on any atom is -0.273 e. The highest BCUT2D eigenvalue weighted by molar-refractivity contribution is 6.31. The second-order valence-corrected chi connectivity index (χ2v) is 5.52. The van der Waals surface area contributed by atoms with E-state index in [9.17, 15) is 0 Å². The van der Waals surface area contributed by atoms with Crippen molar-refractivity contribution in [1.29, 1.82) is 0 Å². The van der Waals surface area contributed by atoms with Gasteiger partial charge in [-0.3, -0.25) is 4.68 Å². The zero-order valence-electron chi connectivity index (χ0n) is 11.0. The zero-order valence-corrected chi connectivity index (χ0v) is 12.5. The van der Waals surface area contributed by atoms with Gasteiger partial charge in [-0.1, -0.05) is 29.8 Å². The molecule has 2 nitrogen and oxygen atoms in total. The second-order valence-electron chi connectivity index (χ2n) is 4.80. The quantitative estimate of drug-likeness (QED) is 0.734. The summed E-state index contributed by atoms with van der Waals surface area (Å²) >= 11 is 12.3. The van der Waals surface area contributed by atoms with Gasteiger partial charge in [0.25, 0.3) is 0 Å². The molecule has 1 aromatic carbocycles. The van der Waals surface area contributed by atoms with Crippen LogP contribution in [0.3, 0.4) is 0 Å². The summed E-state index contributed by atoms with van der Waals surface area (Å²) in [5, 5.41) is 5.01. The molecule has 0 N–H and O–H groups in total. The van der Waals surface area contributed by atoms with E-state index in [4.69, 9.17) is 23.2 Å². The fraction of sp³-hybridized carbons (Fsp3) is 0.400. The van der Waals surface area contributed by atoms with E-state index in [0.717, 1.165) is 24.3 Å². The molecule has 2 aromatic rings. The molecule has 1 heterocycles. The van der Waals surface area contributed by atoms with Crippen LogP contribution in [-0.4, -0.2) is 15.7 Å². The fourth-order valence-corrected chi connectivity index (χ4v) is 2.68. The van der Waals surface area contributed by atoms with E-state index in [1.807, 2.05) is 36.1 Å². The second kappa shape index (κ2) is 6.97. The van der Waals surface area contributed by atoms with Gasteiger partial charge >= 0.3 is 0 Å². The number of hydrogen-bond donors (Lipinski definition) is 0. The average molecular weight is 297 g/mol. The molecule has 1 atom stereocenters. The van der Waals surface area contributed by atoms with Crippen LogP contribution in [0.1, 0.15) is 17.7 Å². The van der Waals surface area contributed by atoms with Gasteiger partial charge in [0.1, 0.15) is 0 Å². The summed E-state index contributed by atoms with van der Waals surface area (Å²) < 4.78 is 1.92. The van der Waals surface area contributed by atoms with Crippen molar-refractivity contribution in [2.45, 2.75) is 19.3 Å². The molecule has 0 saturated heterocycles. The van der Waals surface area contributed by atoms with Gasteiger partial charge in [0, 0.05) is 29.8 Å². The third-order valence-corrected chi connectivity index (χ3v) is 4.22. The van der Waals surface area contributed by atoms with Gasteiger partial charge in [-0.25, -0.2) is 0 Å². The van der Waals surface area contributed by atoms with Crippen LogP contribution in [0, 0.1) is 5.92 Å². The molecular formula is C15H18Cl2N2. The summed E-state index contributed by atoms with van der Waals surface area (Å²) in [6, 6.07) is 10.0. The normalized spacial score (nSPS) is 12.6. The van der Waals surface area contributed by atoms with Crippen LogP contribution < -0.4 is 0 Å². The molecule has 0 aliphatic rings. The molecule has 4 heteroatoms. The minimum atomic E-state index is 0.441. The lowest BCUT2D eigenvalue weighted by Crippen LogP contribution is -2.10. The summed E-state index contributed by atoms with van der Waals surface area (Å²) in [7, 11) is 1.97. The Morgan fingerprint density at radius 2 is 2.05 bits per heavy atom. The van der Waals surface area contributed by atoms with Gasteiger partial charge in [-0.05, 0) is 42.9 Å². The molecule has 1 unspecified atom stereocenters.